The first-order chi connectivity index (χ1) is 29.7. The van der Waals surface area contributed by atoms with E-state index >= 15 is 0 Å². The topological polar surface area (TPSA) is 78.9 Å². The normalized spacial score (nSPS) is 12.0. The number of ether oxygens (including phenoxy) is 3. The van der Waals surface area contributed by atoms with Crippen molar-refractivity contribution < 1.29 is 28.6 Å². The summed E-state index contributed by atoms with van der Waals surface area (Å²) in [4.78, 5) is 38.0. The van der Waals surface area contributed by atoms with Crippen molar-refractivity contribution in [1.29, 1.82) is 0 Å². The molecule has 0 radical (unpaired) electrons. The summed E-state index contributed by atoms with van der Waals surface area (Å²) in [6.45, 7) is 11.4. The number of carbonyl (C=O) groups is 3. The second-order valence-corrected chi connectivity index (χ2v) is 19.8. The number of rotatable bonds is 49. The Morgan fingerprint density at radius 2 is 0.541 bits per heavy atom. The van der Waals surface area contributed by atoms with Gasteiger partial charge in [-0.3, -0.25) is 14.4 Å². The largest absolute Gasteiger partial charge is 0.462 e. The van der Waals surface area contributed by atoms with Gasteiger partial charge in [-0.1, -0.05) is 266 Å². The van der Waals surface area contributed by atoms with Gasteiger partial charge in [-0.05, 0) is 31.1 Å². The first-order valence-corrected chi connectivity index (χ1v) is 27.2. The van der Waals surface area contributed by atoms with Crippen molar-refractivity contribution in [2.24, 2.45) is 11.8 Å². The van der Waals surface area contributed by atoms with E-state index in [0.717, 1.165) is 69.6 Å². The average molecular weight is 863 g/mol. The van der Waals surface area contributed by atoms with Crippen LogP contribution in [0.1, 0.15) is 304 Å². The van der Waals surface area contributed by atoms with Crippen molar-refractivity contribution in [1.82, 2.24) is 0 Å². The highest BCUT2D eigenvalue weighted by Crippen LogP contribution is 2.18. The molecule has 6 nitrogen and oxygen atoms in total. The van der Waals surface area contributed by atoms with Crippen molar-refractivity contribution in [3.63, 3.8) is 0 Å². The van der Waals surface area contributed by atoms with Crippen LogP contribution in [0.2, 0.25) is 0 Å². The number of esters is 3. The maximum absolute atomic E-state index is 12.8. The Kier molecular flexibility index (Phi) is 46.6. The van der Waals surface area contributed by atoms with E-state index in [-0.39, 0.29) is 31.1 Å². The zero-order valence-corrected chi connectivity index (χ0v) is 41.8. The molecule has 0 aromatic heterocycles. The number of unbranched alkanes of at least 4 members (excludes halogenated alkanes) is 34. The quantitative estimate of drug-likeness (QED) is 0.0344. The second-order valence-electron chi connectivity index (χ2n) is 19.8. The molecule has 0 aromatic carbocycles. The van der Waals surface area contributed by atoms with E-state index in [1.54, 1.807) is 0 Å². The Hall–Kier alpha value is -1.59. The monoisotopic (exact) mass is 863 g/mol. The average Bonchev–Trinajstić information content (AvgIpc) is 3.23. The van der Waals surface area contributed by atoms with Gasteiger partial charge in [0.2, 0.25) is 0 Å². The van der Waals surface area contributed by atoms with Crippen molar-refractivity contribution in [3.05, 3.63) is 0 Å². The van der Waals surface area contributed by atoms with E-state index in [4.69, 9.17) is 14.2 Å². The molecule has 0 fully saturated rings. The molecule has 0 bridgehead atoms. The fourth-order valence-electron chi connectivity index (χ4n) is 8.34. The molecule has 0 aromatic rings. The van der Waals surface area contributed by atoms with E-state index in [2.05, 4.69) is 34.6 Å². The van der Waals surface area contributed by atoms with Gasteiger partial charge in [-0.25, -0.2) is 0 Å². The molecule has 0 aliphatic heterocycles. The summed E-state index contributed by atoms with van der Waals surface area (Å²) >= 11 is 0. The Morgan fingerprint density at radius 3 is 0.803 bits per heavy atom. The number of hydrogen-bond donors (Lipinski definition) is 0. The predicted molar refractivity (Wildman–Crippen MR) is 261 cm³/mol. The van der Waals surface area contributed by atoms with E-state index < -0.39 is 6.10 Å². The fourth-order valence-corrected chi connectivity index (χ4v) is 8.34. The summed E-state index contributed by atoms with van der Waals surface area (Å²) in [5.41, 5.74) is 0. The van der Waals surface area contributed by atoms with Crippen LogP contribution in [0.5, 0.6) is 0 Å². The highest BCUT2D eigenvalue weighted by molar-refractivity contribution is 5.71. The maximum Gasteiger partial charge on any atom is 0.306 e. The summed E-state index contributed by atoms with van der Waals surface area (Å²) in [5, 5.41) is 0. The highest BCUT2D eigenvalue weighted by atomic mass is 16.6. The highest BCUT2D eigenvalue weighted by Gasteiger charge is 2.19. The standard InChI is InChI=1S/C55H106O6/c1-6-7-8-9-10-11-25-32-37-42-47-55(58)61-52(49-60-54(57)46-41-36-31-27-22-18-17-20-24-29-34-39-44-51(4)5)48-59-53(56)45-40-35-30-26-21-16-14-12-13-15-19-23-28-33-38-43-50(2)3/h50-52H,6-49H2,1-5H3/t52-/m0/s1. The summed E-state index contributed by atoms with van der Waals surface area (Å²) < 4.78 is 16.8. The zero-order valence-electron chi connectivity index (χ0n) is 41.8. The lowest BCUT2D eigenvalue weighted by atomic mass is 10.0. The lowest BCUT2D eigenvalue weighted by Crippen LogP contribution is -2.30. The summed E-state index contributed by atoms with van der Waals surface area (Å²) in [7, 11) is 0. The SMILES string of the molecule is CCCCCCCCCCCCC(=O)O[C@@H](COC(=O)CCCCCCCCCCCCCCCCCC(C)C)COC(=O)CCCCCCCCCCCCCCC(C)C. The number of hydrogen-bond acceptors (Lipinski definition) is 6. The van der Waals surface area contributed by atoms with Crippen LogP contribution in [0.4, 0.5) is 0 Å². The molecule has 0 amide bonds. The smallest absolute Gasteiger partial charge is 0.306 e. The van der Waals surface area contributed by atoms with Crippen LogP contribution >= 0.6 is 0 Å². The molecule has 0 unspecified atom stereocenters. The third-order valence-corrected chi connectivity index (χ3v) is 12.5. The van der Waals surface area contributed by atoms with E-state index in [9.17, 15) is 14.4 Å². The fraction of sp³-hybridized carbons (Fsp3) is 0.945. The van der Waals surface area contributed by atoms with Gasteiger partial charge in [0.05, 0.1) is 0 Å². The Balaban J connectivity index is 4.23. The summed E-state index contributed by atoms with van der Waals surface area (Å²) in [6.07, 6.45) is 49.5. The lowest BCUT2D eigenvalue weighted by Gasteiger charge is -2.18. The van der Waals surface area contributed by atoms with Gasteiger partial charge in [0, 0.05) is 19.3 Å². The van der Waals surface area contributed by atoms with Gasteiger partial charge in [-0.2, -0.15) is 0 Å². The minimum Gasteiger partial charge on any atom is -0.462 e. The van der Waals surface area contributed by atoms with Crippen molar-refractivity contribution in [3.8, 4) is 0 Å². The van der Waals surface area contributed by atoms with Crippen LogP contribution in [-0.4, -0.2) is 37.2 Å². The van der Waals surface area contributed by atoms with E-state index in [1.807, 2.05) is 0 Å². The number of carbonyl (C=O) groups excluding carboxylic acids is 3. The first-order valence-electron chi connectivity index (χ1n) is 27.2. The molecule has 0 rings (SSSR count). The van der Waals surface area contributed by atoms with Gasteiger partial charge < -0.3 is 14.2 Å². The van der Waals surface area contributed by atoms with Crippen LogP contribution in [-0.2, 0) is 28.6 Å². The Labute approximate surface area is 380 Å². The molecular formula is C55H106O6. The minimum atomic E-state index is -0.761. The molecular weight excluding hydrogens is 757 g/mol. The molecule has 1 atom stereocenters. The minimum absolute atomic E-state index is 0.0632. The zero-order chi connectivity index (χ0) is 44.7. The van der Waals surface area contributed by atoms with Gasteiger partial charge in [0.1, 0.15) is 13.2 Å². The van der Waals surface area contributed by atoms with Crippen molar-refractivity contribution in [2.75, 3.05) is 13.2 Å². The molecule has 61 heavy (non-hydrogen) atoms. The molecule has 0 spiro atoms. The third-order valence-electron chi connectivity index (χ3n) is 12.5. The Morgan fingerprint density at radius 1 is 0.311 bits per heavy atom. The van der Waals surface area contributed by atoms with E-state index in [0.29, 0.717) is 19.3 Å². The Bertz CT molecular complexity index is 931. The first kappa shape index (κ1) is 59.4. The third kappa shape index (κ3) is 49.3. The summed E-state index contributed by atoms with van der Waals surface area (Å²) in [6, 6.07) is 0. The van der Waals surface area contributed by atoms with E-state index in [1.165, 1.54) is 193 Å². The van der Waals surface area contributed by atoms with Gasteiger partial charge in [-0.15, -0.1) is 0 Å². The molecule has 0 saturated carbocycles. The van der Waals surface area contributed by atoms with Crippen molar-refractivity contribution >= 4 is 17.9 Å². The van der Waals surface area contributed by atoms with Crippen LogP contribution in [0.3, 0.4) is 0 Å². The van der Waals surface area contributed by atoms with Crippen molar-refractivity contribution in [2.45, 2.75) is 310 Å². The van der Waals surface area contributed by atoms with Gasteiger partial charge in [0.25, 0.3) is 0 Å². The molecule has 0 saturated heterocycles. The maximum atomic E-state index is 12.8. The van der Waals surface area contributed by atoms with Crippen LogP contribution in [0.15, 0.2) is 0 Å². The van der Waals surface area contributed by atoms with Gasteiger partial charge in [0.15, 0.2) is 6.10 Å². The van der Waals surface area contributed by atoms with Gasteiger partial charge >= 0.3 is 17.9 Å². The van der Waals surface area contributed by atoms with Crippen LogP contribution in [0, 0.1) is 11.8 Å². The molecule has 362 valence electrons. The summed E-state index contributed by atoms with van der Waals surface area (Å²) in [5.74, 6) is 0.838. The molecule has 0 aliphatic carbocycles. The predicted octanol–water partition coefficient (Wildman–Crippen LogP) is 17.7. The molecule has 6 heteroatoms. The molecule has 0 N–H and O–H groups in total. The van der Waals surface area contributed by atoms with Crippen LogP contribution < -0.4 is 0 Å². The molecule has 0 heterocycles. The van der Waals surface area contributed by atoms with Crippen LogP contribution in [0.25, 0.3) is 0 Å². The second kappa shape index (κ2) is 47.9. The lowest BCUT2D eigenvalue weighted by molar-refractivity contribution is -0.167. The molecule has 0 aliphatic rings.